The van der Waals surface area contributed by atoms with Crippen LogP contribution in [0.5, 0.6) is 0 Å². The van der Waals surface area contributed by atoms with Gasteiger partial charge in [0.15, 0.2) is 0 Å². The van der Waals surface area contributed by atoms with E-state index in [-0.39, 0.29) is 11.9 Å². The van der Waals surface area contributed by atoms with Crippen LogP contribution in [-0.4, -0.2) is 5.91 Å². The maximum Gasteiger partial charge on any atom is 0.248 e. The third-order valence-electron chi connectivity index (χ3n) is 3.57. The lowest BCUT2D eigenvalue weighted by Crippen LogP contribution is -2.19. The van der Waals surface area contributed by atoms with Gasteiger partial charge in [0.1, 0.15) is 0 Å². The van der Waals surface area contributed by atoms with Gasteiger partial charge in [-0.15, -0.1) is 0 Å². The fraction of sp³-hybridized carbons (Fsp3) is 0.235. The molecular formula is C17H19BrN2O. The largest absolute Gasteiger partial charge is 0.366 e. The highest BCUT2D eigenvalue weighted by Crippen LogP contribution is 2.19. The van der Waals surface area contributed by atoms with E-state index in [1.54, 1.807) is 6.07 Å². The van der Waals surface area contributed by atoms with E-state index >= 15 is 0 Å². The highest BCUT2D eigenvalue weighted by Gasteiger charge is 2.08. The Morgan fingerprint density at radius 3 is 2.67 bits per heavy atom. The van der Waals surface area contributed by atoms with Crippen LogP contribution in [0.1, 0.15) is 40.0 Å². The van der Waals surface area contributed by atoms with Crippen LogP contribution in [-0.2, 0) is 6.54 Å². The van der Waals surface area contributed by atoms with Crippen molar-refractivity contribution in [3.8, 4) is 0 Å². The number of primary amides is 1. The molecule has 0 saturated carbocycles. The fourth-order valence-corrected chi connectivity index (χ4v) is 2.62. The van der Waals surface area contributed by atoms with Gasteiger partial charge in [-0.25, -0.2) is 0 Å². The number of rotatable bonds is 5. The first kappa shape index (κ1) is 15.7. The summed E-state index contributed by atoms with van der Waals surface area (Å²) < 4.78 is 1.08. The number of nitrogens with one attached hydrogen (secondary N) is 1. The Morgan fingerprint density at radius 1 is 1.29 bits per heavy atom. The average Bonchev–Trinajstić information content (AvgIpc) is 2.45. The van der Waals surface area contributed by atoms with Crippen LogP contribution >= 0.6 is 15.9 Å². The molecule has 0 fully saturated rings. The second-order valence-corrected chi connectivity index (χ2v) is 6.08. The lowest BCUT2D eigenvalue weighted by atomic mass is 10.0. The van der Waals surface area contributed by atoms with E-state index < -0.39 is 0 Å². The van der Waals surface area contributed by atoms with E-state index in [1.807, 2.05) is 31.2 Å². The fourth-order valence-electron chi connectivity index (χ4n) is 2.20. The molecule has 1 amide bonds. The van der Waals surface area contributed by atoms with Gasteiger partial charge in [0.05, 0.1) is 0 Å². The van der Waals surface area contributed by atoms with E-state index in [9.17, 15) is 4.79 Å². The molecule has 2 aromatic rings. The summed E-state index contributed by atoms with van der Waals surface area (Å²) in [5, 5.41) is 3.49. The zero-order valence-electron chi connectivity index (χ0n) is 12.2. The third-order valence-corrected chi connectivity index (χ3v) is 4.07. The van der Waals surface area contributed by atoms with Crippen molar-refractivity contribution in [1.82, 2.24) is 5.32 Å². The molecule has 110 valence electrons. The number of carbonyl (C=O) groups excluding carboxylic acids is 1. The molecule has 0 saturated heterocycles. The summed E-state index contributed by atoms with van der Waals surface area (Å²) in [7, 11) is 0. The third kappa shape index (κ3) is 4.16. The van der Waals surface area contributed by atoms with Gasteiger partial charge in [-0.3, -0.25) is 4.79 Å². The molecule has 0 aromatic heterocycles. The van der Waals surface area contributed by atoms with Crippen LogP contribution in [0, 0.1) is 6.92 Å². The summed E-state index contributed by atoms with van der Waals surface area (Å²) in [6, 6.07) is 14.1. The molecular weight excluding hydrogens is 328 g/mol. The monoisotopic (exact) mass is 346 g/mol. The van der Waals surface area contributed by atoms with Crippen molar-refractivity contribution in [3.05, 3.63) is 69.2 Å². The average molecular weight is 347 g/mol. The normalized spacial score (nSPS) is 12.1. The molecule has 0 heterocycles. The summed E-state index contributed by atoms with van der Waals surface area (Å²) in [4.78, 5) is 11.1. The van der Waals surface area contributed by atoms with Gasteiger partial charge in [0, 0.05) is 22.6 Å². The summed E-state index contributed by atoms with van der Waals surface area (Å²) in [6.45, 7) is 4.88. The molecule has 2 aromatic carbocycles. The molecule has 2 rings (SSSR count). The molecule has 0 unspecified atom stereocenters. The number of nitrogens with two attached hydrogens (primary N) is 1. The van der Waals surface area contributed by atoms with Crippen LogP contribution in [0.25, 0.3) is 0 Å². The van der Waals surface area contributed by atoms with E-state index in [0.717, 1.165) is 16.6 Å². The van der Waals surface area contributed by atoms with Gasteiger partial charge in [-0.05, 0) is 54.8 Å². The minimum atomic E-state index is -0.389. The van der Waals surface area contributed by atoms with Gasteiger partial charge in [-0.2, -0.15) is 0 Å². The van der Waals surface area contributed by atoms with Crippen molar-refractivity contribution < 1.29 is 4.79 Å². The van der Waals surface area contributed by atoms with Crippen molar-refractivity contribution in [1.29, 1.82) is 0 Å². The molecule has 1 atom stereocenters. The summed E-state index contributed by atoms with van der Waals surface area (Å²) in [6.07, 6.45) is 0. The van der Waals surface area contributed by atoms with Gasteiger partial charge in [0.2, 0.25) is 5.91 Å². The molecule has 4 heteroatoms. The highest BCUT2D eigenvalue weighted by molar-refractivity contribution is 9.10. The Bertz CT molecular complexity index is 655. The predicted octanol–water partition coefficient (Wildman–Crippen LogP) is 3.71. The topological polar surface area (TPSA) is 55.1 Å². The van der Waals surface area contributed by atoms with Crippen LogP contribution in [0.4, 0.5) is 0 Å². The maximum absolute atomic E-state index is 11.1. The first-order valence-corrected chi connectivity index (χ1v) is 7.65. The summed E-state index contributed by atoms with van der Waals surface area (Å²) in [5.41, 5.74) is 9.31. The van der Waals surface area contributed by atoms with Crippen molar-refractivity contribution >= 4 is 21.8 Å². The Hall–Kier alpha value is -1.65. The van der Waals surface area contributed by atoms with Gasteiger partial charge in [0.25, 0.3) is 0 Å². The van der Waals surface area contributed by atoms with Crippen LogP contribution < -0.4 is 11.1 Å². The first-order valence-electron chi connectivity index (χ1n) is 6.85. The van der Waals surface area contributed by atoms with Crippen molar-refractivity contribution in [2.75, 3.05) is 0 Å². The minimum Gasteiger partial charge on any atom is -0.366 e. The molecule has 3 nitrogen and oxygen atoms in total. The van der Waals surface area contributed by atoms with Crippen molar-refractivity contribution in [2.24, 2.45) is 5.73 Å². The second kappa shape index (κ2) is 6.87. The molecule has 0 aliphatic rings. The maximum atomic E-state index is 11.1. The molecule has 0 bridgehead atoms. The number of carbonyl (C=O) groups is 1. The zero-order valence-corrected chi connectivity index (χ0v) is 13.8. The van der Waals surface area contributed by atoms with E-state index in [4.69, 9.17) is 5.73 Å². The zero-order chi connectivity index (χ0) is 15.4. The number of amides is 1. The highest BCUT2D eigenvalue weighted by atomic mass is 79.9. The Labute approximate surface area is 133 Å². The molecule has 3 N–H and O–H groups in total. The SMILES string of the molecule is Cc1cc(C(N)=O)ccc1CN[C@@H](C)c1cccc(Br)c1. The summed E-state index contributed by atoms with van der Waals surface area (Å²) >= 11 is 3.49. The number of aryl methyl sites for hydroxylation is 1. The quantitative estimate of drug-likeness (QED) is 0.866. The van der Waals surface area contributed by atoms with Crippen LogP contribution in [0.2, 0.25) is 0 Å². The number of benzene rings is 2. The van der Waals surface area contributed by atoms with Gasteiger partial charge >= 0.3 is 0 Å². The van der Waals surface area contributed by atoms with Crippen LogP contribution in [0.15, 0.2) is 46.9 Å². The lowest BCUT2D eigenvalue weighted by Gasteiger charge is -2.16. The standard InChI is InChI=1S/C17H19BrN2O/c1-11-8-14(17(19)21)6-7-15(11)10-20-12(2)13-4-3-5-16(18)9-13/h3-9,12,20H,10H2,1-2H3,(H2,19,21)/t12-/m0/s1. The molecule has 0 radical (unpaired) electrons. The van der Waals surface area contributed by atoms with Crippen LogP contribution in [0.3, 0.4) is 0 Å². The van der Waals surface area contributed by atoms with Gasteiger partial charge < -0.3 is 11.1 Å². The first-order chi connectivity index (χ1) is 9.97. The Balaban J connectivity index is 2.04. The predicted molar refractivity (Wildman–Crippen MR) is 89.1 cm³/mol. The van der Waals surface area contributed by atoms with Crippen molar-refractivity contribution in [3.63, 3.8) is 0 Å². The number of halogens is 1. The summed E-state index contributed by atoms with van der Waals surface area (Å²) in [5.74, 6) is -0.389. The molecule has 0 aliphatic heterocycles. The van der Waals surface area contributed by atoms with E-state index in [1.165, 1.54) is 11.1 Å². The van der Waals surface area contributed by atoms with Gasteiger partial charge in [-0.1, -0.05) is 34.1 Å². The van der Waals surface area contributed by atoms with E-state index in [0.29, 0.717) is 5.56 Å². The molecule has 0 spiro atoms. The minimum absolute atomic E-state index is 0.248. The second-order valence-electron chi connectivity index (χ2n) is 5.16. The lowest BCUT2D eigenvalue weighted by molar-refractivity contribution is 0.1000. The molecule has 21 heavy (non-hydrogen) atoms. The Morgan fingerprint density at radius 2 is 2.05 bits per heavy atom. The number of hydrogen-bond acceptors (Lipinski definition) is 2. The number of hydrogen-bond donors (Lipinski definition) is 2. The van der Waals surface area contributed by atoms with E-state index in [2.05, 4.69) is 40.3 Å². The Kier molecular flexibility index (Phi) is 5.15. The smallest absolute Gasteiger partial charge is 0.248 e. The van der Waals surface area contributed by atoms with Crippen molar-refractivity contribution in [2.45, 2.75) is 26.4 Å². The molecule has 0 aliphatic carbocycles.